The van der Waals surface area contributed by atoms with E-state index in [0.29, 0.717) is 28.8 Å². The smallest absolute Gasteiger partial charge is 0.255 e. The summed E-state index contributed by atoms with van der Waals surface area (Å²) < 4.78 is 1.54. The normalized spacial score (nSPS) is 10.1. The van der Waals surface area contributed by atoms with Gasteiger partial charge in [0, 0.05) is 37.4 Å². The second-order valence-electron chi connectivity index (χ2n) is 4.06. The first-order valence-corrected chi connectivity index (χ1v) is 6.09. The predicted molar refractivity (Wildman–Crippen MR) is 74.4 cm³/mol. The first kappa shape index (κ1) is 12.7. The molecule has 0 aromatic carbocycles. The molecule has 0 unspecified atom stereocenters. The van der Waals surface area contributed by atoms with Crippen LogP contribution in [-0.4, -0.2) is 36.8 Å². The van der Waals surface area contributed by atoms with Crippen molar-refractivity contribution < 1.29 is 0 Å². The minimum absolute atomic E-state index is 0.386. The van der Waals surface area contributed by atoms with Crippen molar-refractivity contribution in [3.05, 3.63) is 42.5 Å². The summed E-state index contributed by atoms with van der Waals surface area (Å²) in [5.74, 6) is 1.22. The molecule has 0 aliphatic heterocycles. The highest BCUT2D eigenvalue weighted by atomic mass is 15.4. The van der Waals surface area contributed by atoms with Gasteiger partial charge in [-0.15, -0.1) is 0 Å². The molecule has 0 aliphatic rings. The van der Waals surface area contributed by atoms with Crippen molar-refractivity contribution >= 4 is 5.95 Å². The summed E-state index contributed by atoms with van der Waals surface area (Å²) in [5, 5.41) is 15.9. The Morgan fingerprint density at radius 2 is 2.14 bits per heavy atom. The van der Waals surface area contributed by atoms with Gasteiger partial charge >= 0.3 is 0 Å². The SMILES string of the molecule is CNc1nc(-c2cncc(C#N)c2)nc(-n2cccn2)n1. The first-order chi connectivity index (χ1) is 10.3. The highest BCUT2D eigenvalue weighted by molar-refractivity contribution is 5.57. The first-order valence-electron chi connectivity index (χ1n) is 6.09. The Bertz CT molecular complexity index is 803. The largest absolute Gasteiger partial charge is 0.357 e. The van der Waals surface area contributed by atoms with Crippen LogP contribution in [0.15, 0.2) is 36.9 Å². The number of anilines is 1. The van der Waals surface area contributed by atoms with Gasteiger partial charge in [-0.05, 0) is 12.1 Å². The fourth-order valence-electron chi connectivity index (χ4n) is 1.72. The number of hydrogen-bond donors (Lipinski definition) is 1. The molecule has 3 rings (SSSR count). The fourth-order valence-corrected chi connectivity index (χ4v) is 1.72. The lowest BCUT2D eigenvalue weighted by Crippen LogP contribution is -2.08. The molecule has 21 heavy (non-hydrogen) atoms. The lowest BCUT2D eigenvalue weighted by atomic mass is 10.2. The van der Waals surface area contributed by atoms with Gasteiger partial charge < -0.3 is 5.32 Å². The monoisotopic (exact) mass is 278 g/mol. The summed E-state index contributed by atoms with van der Waals surface area (Å²) in [6.07, 6.45) is 6.46. The molecule has 0 atom stereocenters. The second kappa shape index (κ2) is 5.34. The quantitative estimate of drug-likeness (QED) is 0.762. The minimum atomic E-state index is 0.386. The molecular formula is C13H10N8. The van der Waals surface area contributed by atoms with Crippen molar-refractivity contribution in [1.82, 2.24) is 29.7 Å². The van der Waals surface area contributed by atoms with E-state index in [0.717, 1.165) is 0 Å². The van der Waals surface area contributed by atoms with E-state index in [-0.39, 0.29) is 0 Å². The van der Waals surface area contributed by atoms with Gasteiger partial charge in [-0.1, -0.05) is 0 Å². The van der Waals surface area contributed by atoms with E-state index in [2.05, 4.69) is 30.4 Å². The highest BCUT2D eigenvalue weighted by Gasteiger charge is 2.10. The molecule has 0 fully saturated rings. The molecule has 0 saturated carbocycles. The van der Waals surface area contributed by atoms with Crippen LogP contribution in [-0.2, 0) is 0 Å². The molecule has 0 spiro atoms. The predicted octanol–water partition coefficient (Wildman–Crippen LogP) is 1.03. The Balaban J connectivity index is 2.14. The molecule has 102 valence electrons. The van der Waals surface area contributed by atoms with Crippen LogP contribution in [0.3, 0.4) is 0 Å². The summed E-state index contributed by atoms with van der Waals surface area (Å²) >= 11 is 0. The maximum Gasteiger partial charge on any atom is 0.255 e. The van der Waals surface area contributed by atoms with E-state index < -0.39 is 0 Å². The van der Waals surface area contributed by atoms with E-state index in [1.54, 1.807) is 37.8 Å². The van der Waals surface area contributed by atoms with E-state index >= 15 is 0 Å². The average molecular weight is 278 g/mol. The van der Waals surface area contributed by atoms with Crippen molar-refractivity contribution in [2.24, 2.45) is 0 Å². The molecule has 3 aromatic rings. The van der Waals surface area contributed by atoms with Crippen molar-refractivity contribution in [2.75, 3.05) is 12.4 Å². The Kier molecular flexibility index (Phi) is 3.22. The number of nitrogens with zero attached hydrogens (tertiary/aromatic N) is 7. The standard InChI is InChI=1S/C13H10N8/c1-15-12-18-11(10-5-9(6-14)7-16-8-10)19-13(20-12)21-4-2-3-17-21/h2-5,7-8H,1H3,(H,15,18,19,20). The van der Waals surface area contributed by atoms with Crippen LogP contribution in [0.1, 0.15) is 5.56 Å². The van der Waals surface area contributed by atoms with Crippen molar-refractivity contribution in [3.8, 4) is 23.4 Å². The number of pyridine rings is 1. The number of rotatable bonds is 3. The fraction of sp³-hybridized carbons (Fsp3) is 0.0769. The number of nitrogens with one attached hydrogen (secondary N) is 1. The minimum Gasteiger partial charge on any atom is -0.357 e. The Morgan fingerprint density at radius 1 is 1.24 bits per heavy atom. The maximum atomic E-state index is 8.94. The van der Waals surface area contributed by atoms with Gasteiger partial charge in [0.2, 0.25) is 5.95 Å². The molecule has 0 bridgehead atoms. The molecule has 0 radical (unpaired) electrons. The molecule has 8 heteroatoms. The zero-order valence-electron chi connectivity index (χ0n) is 11.1. The maximum absolute atomic E-state index is 8.94. The number of hydrogen-bond acceptors (Lipinski definition) is 7. The third-order valence-electron chi connectivity index (χ3n) is 2.68. The van der Waals surface area contributed by atoms with E-state index in [4.69, 9.17) is 5.26 Å². The summed E-state index contributed by atoms with van der Waals surface area (Å²) in [4.78, 5) is 16.9. The van der Waals surface area contributed by atoms with Crippen LogP contribution in [0.25, 0.3) is 17.3 Å². The second-order valence-corrected chi connectivity index (χ2v) is 4.06. The van der Waals surface area contributed by atoms with Gasteiger partial charge in [-0.25, -0.2) is 4.68 Å². The van der Waals surface area contributed by atoms with Gasteiger partial charge in [0.1, 0.15) is 6.07 Å². The topological polar surface area (TPSA) is 105 Å². The van der Waals surface area contributed by atoms with Crippen LogP contribution in [0.4, 0.5) is 5.95 Å². The third-order valence-corrected chi connectivity index (χ3v) is 2.68. The third kappa shape index (κ3) is 2.52. The van der Waals surface area contributed by atoms with Crippen molar-refractivity contribution in [1.29, 1.82) is 5.26 Å². The molecule has 1 N–H and O–H groups in total. The van der Waals surface area contributed by atoms with Crippen LogP contribution in [0, 0.1) is 11.3 Å². The highest BCUT2D eigenvalue weighted by Crippen LogP contribution is 2.17. The molecule has 8 nitrogen and oxygen atoms in total. The van der Waals surface area contributed by atoms with Gasteiger partial charge in [-0.3, -0.25) is 4.98 Å². The van der Waals surface area contributed by atoms with Gasteiger partial charge in [0.05, 0.1) is 5.56 Å². The zero-order valence-corrected chi connectivity index (χ0v) is 11.1. The van der Waals surface area contributed by atoms with Gasteiger partial charge in [-0.2, -0.15) is 25.3 Å². The van der Waals surface area contributed by atoms with Crippen molar-refractivity contribution in [2.45, 2.75) is 0 Å². The number of nitriles is 1. The Hall–Kier alpha value is -3.34. The zero-order chi connectivity index (χ0) is 14.7. The summed E-state index contributed by atoms with van der Waals surface area (Å²) in [7, 11) is 1.72. The summed E-state index contributed by atoms with van der Waals surface area (Å²) in [5.41, 5.74) is 1.08. The Labute approximate surface area is 120 Å². The molecule has 3 heterocycles. The molecule has 0 saturated heterocycles. The summed E-state index contributed by atoms with van der Waals surface area (Å²) in [6, 6.07) is 5.49. The van der Waals surface area contributed by atoms with E-state index in [1.807, 2.05) is 6.07 Å². The Morgan fingerprint density at radius 3 is 2.86 bits per heavy atom. The van der Waals surface area contributed by atoms with Crippen LogP contribution >= 0.6 is 0 Å². The van der Waals surface area contributed by atoms with Crippen LogP contribution < -0.4 is 5.32 Å². The van der Waals surface area contributed by atoms with Crippen LogP contribution in [0.5, 0.6) is 0 Å². The van der Waals surface area contributed by atoms with Gasteiger partial charge in [0.25, 0.3) is 5.95 Å². The van der Waals surface area contributed by atoms with Crippen molar-refractivity contribution in [3.63, 3.8) is 0 Å². The lowest BCUT2D eigenvalue weighted by Gasteiger charge is -2.06. The van der Waals surface area contributed by atoms with E-state index in [9.17, 15) is 0 Å². The van der Waals surface area contributed by atoms with Crippen LogP contribution in [0.2, 0.25) is 0 Å². The van der Waals surface area contributed by atoms with E-state index in [1.165, 1.54) is 10.9 Å². The number of aromatic nitrogens is 6. The molecule has 3 aromatic heterocycles. The summed E-state index contributed by atoms with van der Waals surface area (Å²) in [6.45, 7) is 0. The average Bonchev–Trinajstić information content (AvgIpc) is 3.09. The molecule has 0 amide bonds. The molecule has 0 aliphatic carbocycles. The molecular weight excluding hydrogens is 268 g/mol. The lowest BCUT2D eigenvalue weighted by molar-refractivity contribution is 0.799. The van der Waals surface area contributed by atoms with Gasteiger partial charge in [0.15, 0.2) is 5.82 Å².